The molecule has 1 unspecified atom stereocenters. The van der Waals surface area contributed by atoms with Crippen molar-refractivity contribution in [3.63, 3.8) is 0 Å². The molecule has 0 fully saturated rings. The molecule has 0 saturated carbocycles. The smallest absolute Gasteiger partial charge is 0.0451 e. The van der Waals surface area contributed by atoms with E-state index in [4.69, 9.17) is 11.6 Å². The predicted molar refractivity (Wildman–Crippen MR) is 84.7 cm³/mol. The van der Waals surface area contributed by atoms with Crippen LogP contribution in [0.15, 0.2) is 24.3 Å². The molecule has 3 heteroatoms. The van der Waals surface area contributed by atoms with Gasteiger partial charge in [0, 0.05) is 24.2 Å². The van der Waals surface area contributed by atoms with E-state index in [-0.39, 0.29) is 0 Å². The summed E-state index contributed by atoms with van der Waals surface area (Å²) in [5.41, 5.74) is 1.20. The van der Waals surface area contributed by atoms with Gasteiger partial charge in [-0.25, -0.2) is 0 Å². The first-order valence-corrected chi connectivity index (χ1v) is 7.58. The van der Waals surface area contributed by atoms with Gasteiger partial charge in [-0.3, -0.25) is 4.90 Å². The molecule has 0 heterocycles. The number of rotatable bonds is 8. The minimum atomic E-state index is 0.530. The highest BCUT2D eigenvalue weighted by molar-refractivity contribution is 6.31. The second-order valence-corrected chi connectivity index (χ2v) is 5.93. The molecule has 1 atom stereocenters. The molecule has 0 bridgehead atoms. The molecular weight excluding hydrogens is 256 g/mol. The van der Waals surface area contributed by atoms with Gasteiger partial charge >= 0.3 is 0 Å². The van der Waals surface area contributed by atoms with Crippen LogP contribution in [0, 0.1) is 5.92 Å². The number of likely N-dealkylation sites (N-methyl/N-ethyl adjacent to an activating group) is 1. The zero-order valence-corrected chi connectivity index (χ0v) is 13.4. The molecule has 0 amide bonds. The third kappa shape index (κ3) is 5.52. The Balaban J connectivity index is 2.61. The first-order valence-electron chi connectivity index (χ1n) is 7.20. The van der Waals surface area contributed by atoms with Crippen molar-refractivity contribution in [3.05, 3.63) is 34.9 Å². The molecule has 1 aromatic carbocycles. The minimum Gasteiger partial charge on any atom is -0.315 e. The first kappa shape index (κ1) is 16.5. The van der Waals surface area contributed by atoms with Crippen LogP contribution in [0.5, 0.6) is 0 Å². The van der Waals surface area contributed by atoms with Crippen LogP contribution in [-0.4, -0.2) is 31.1 Å². The molecule has 1 N–H and O–H groups in total. The molecule has 0 aliphatic heterocycles. The van der Waals surface area contributed by atoms with E-state index in [1.165, 1.54) is 12.0 Å². The summed E-state index contributed by atoms with van der Waals surface area (Å²) in [6.45, 7) is 9.78. The van der Waals surface area contributed by atoms with Crippen molar-refractivity contribution in [2.75, 3.05) is 20.1 Å². The summed E-state index contributed by atoms with van der Waals surface area (Å²) in [4.78, 5) is 2.40. The van der Waals surface area contributed by atoms with Crippen LogP contribution in [0.2, 0.25) is 5.02 Å². The van der Waals surface area contributed by atoms with Crippen molar-refractivity contribution >= 4 is 11.6 Å². The van der Waals surface area contributed by atoms with Gasteiger partial charge in [0.1, 0.15) is 0 Å². The Morgan fingerprint density at radius 2 is 1.95 bits per heavy atom. The zero-order chi connectivity index (χ0) is 14.3. The van der Waals surface area contributed by atoms with E-state index in [1.54, 1.807) is 0 Å². The second kappa shape index (κ2) is 8.57. The van der Waals surface area contributed by atoms with Crippen LogP contribution in [-0.2, 0) is 6.54 Å². The Hall–Kier alpha value is -0.570. The Morgan fingerprint density at radius 1 is 1.26 bits per heavy atom. The first-order chi connectivity index (χ1) is 9.06. The van der Waals surface area contributed by atoms with Crippen molar-refractivity contribution in [2.24, 2.45) is 5.92 Å². The normalized spacial score (nSPS) is 13.2. The van der Waals surface area contributed by atoms with Crippen LogP contribution in [0.4, 0.5) is 0 Å². The van der Waals surface area contributed by atoms with Crippen molar-refractivity contribution < 1.29 is 0 Å². The molecule has 0 aromatic heterocycles. The number of halogens is 1. The molecule has 1 aromatic rings. The second-order valence-electron chi connectivity index (χ2n) is 5.52. The lowest BCUT2D eigenvalue weighted by Crippen LogP contribution is -2.43. The van der Waals surface area contributed by atoms with Gasteiger partial charge in [0.2, 0.25) is 0 Å². The fraction of sp³-hybridized carbons (Fsp3) is 0.625. The molecule has 19 heavy (non-hydrogen) atoms. The van der Waals surface area contributed by atoms with Crippen LogP contribution in [0.25, 0.3) is 0 Å². The lowest BCUT2D eigenvalue weighted by atomic mass is 10.0. The Morgan fingerprint density at radius 3 is 2.53 bits per heavy atom. The van der Waals surface area contributed by atoms with Gasteiger partial charge < -0.3 is 5.32 Å². The zero-order valence-electron chi connectivity index (χ0n) is 12.6. The predicted octanol–water partition coefficient (Wildman–Crippen LogP) is 3.80. The number of hydrogen-bond donors (Lipinski definition) is 1. The van der Waals surface area contributed by atoms with E-state index < -0.39 is 0 Å². The number of nitrogens with one attached hydrogen (secondary N) is 1. The maximum absolute atomic E-state index is 6.24. The van der Waals surface area contributed by atoms with Gasteiger partial charge in [-0.15, -0.1) is 0 Å². The topological polar surface area (TPSA) is 15.3 Å². The maximum atomic E-state index is 6.24. The van der Waals surface area contributed by atoms with Gasteiger partial charge in [-0.05, 0) is 37.6 Å². The molecule has 1 rings (SSSR count). The summed E-state index contributed by atoms with van der Waals surface area (Å²) in [6.07, 6.45) is 1.18. The van der Waals surface area contributed by atoms with Gasteiger partial charge in [0.05, 0.1) is 0 Å². The average Bonchev–Trinajstić information content (AvgIpc) is 2.37. The lowest BCUT2D eigenvalue weighted by molar-refractivity contribution is 0.180. The summed E-state index contributed by atoms with van der Waals surface area (Å²) in [5, 5.41) is 4.38. The fourth-order valence-electron chi connectivity index (χ4n) is 2.34. The number of benzene rings is 1. The highest BCUT2D eigenvalue weighted by atomic mass is 35.5. The molecule has 2 nitrogen and oxygen atoms in total. The van der Waals surface area contributed by atoms with E-state index >= 15 is 0 Å². The van der Waals surface area contributed by atoms with Crippen molar-refractivity contribution in [1.29, 1.82) is 0 Å². The number of nitrogens with zero attached hydrogens (tertiary/aromatic N) is 1. The molecule has 0 aliphatic carbocycles. The van der Waals surface area contributed by atoms with Gasteiger partial charge in [-0.2, -0.15) is 0 Å². The summed E-state index contributed by atoms with van der Waals surface area (Å²) in [7, 11) is 2.18. The molecule has 0 aliphatic rings. The van der Waals surface area contributed by atoms with Crippen molar-refractivity contribution in [2.45, 2.75) is 39.8 Å². The Bertz CT molecular complexity index is 366. The highest BCUT2D eigenvalue weighted by Gasteiger charge is 2.18. The molecule has 0 saturated heterocycles. The van der Waals surface area contributed by atoms with Crippen LogP contribution >= 0.6 is 11.6 Å². The third-order valence-electron chi connectivity index (χ3n) is 3.49. The monoisotopic (exact) mass is 282 g/mol. The number of hydrogen-bond acceptors (Lipinski definition) is 2. The molecule has 108 valence electrons. The van der Waals surface area contributed by atoms with E-state index in [0.717, 1.165) is 24.7 Å². The van der Waals surface area contributed by atoms with Gasteiger partial charge in [-0.1, -0.05) is 50.6 Å². The largest absolute Gasteiger partial charge is 0.315 e. The SMILES string of the molecule is CCCNCC(C(C)C)N(C)Cc1ccccc1Cl. The van der Waals surface area contributed by atoms with E-state index in [2.05, 4.69) is 50.2 Å². The van der Waals surface area contributed by atoms with Crippen molar-refractivity contribution in [3.8, 4) is 0 Å². The van der Waals surface area contributed by atoms with E-state index in [1.807, 2.05) is 12.1 Å². The lowest BCUT2D eigenvalue weighted by Gasteiger charge is -2.31. The Labute approximate surface area is 123 Å². The highest BCUT2D eigenvalue weighted by Crippen LogP contribution is 2.19. The maximum Gasteiger partial charge on any atom is 0.0451 e. The third-order valence-corrected chi connectivity index (χ3v) is 3.86. The van der Waals surface area contributed by atoms with E-state index in [9.17, 15) is 0 Å². The Kier molecular flexibility index (Phi) is 7.44. The molecule has 0 spiro atoms. The minimum absolute atomic E-state index is 0.530. The standard InChI is InChI=1S/C16H27ClN2/c1-5-10-18-11-16(13(2)3)19(4)12-14-8-6-7-9-15(14)17/h6-9,13,16,18H,5,10-12H2,1-4H3. The van der Waals surface area contributed by atoms with Gasteiger partial charge in [0.15, 0.2) is 0 Å². The van der Waals surface area contributed by atoms with Crippen LogP contribution in [0.3, 0.4) is 0 Å². The average molecular weight is 283 g/mol. The van der Waals surface area contributed by atoms with Crippen molar-refractivity contribution in [1.82, 2.24) is 10.2 Å². The van der Waals surface area contributed by atoms with E-state index in [0.29, 0.717) is 12.0 Å². The molecule has 0 radical (unpaired) electrons. The summed E-state index contributed by atoms with van der Waals surface area (Å²) < 4.78 is 0. The van der Waals surface area contributed by atoms with Gasteiger partial charge in [0.25, 0.3) is 0 Å². The summed E-state index contributed by atoms with van der Waals surface area (Å²) in [5.74, 6) is 0.622. The summed E-state index contributed by atoms with van der Waals surface area (Å²) in [6, 6.07) is 8.63. The van der Waals surface area contributed by atoms with Crippen LogP contribution < -0.4 is 5.32 Å². The summed E-state index contributed by atoms with van der Waals surface area (Å²) >= 11 is 6.24. The molecular formula is C16H27ClN2. The quantitative estimate of drug-likeness (QED) is 0.730. The fourth-order valence-corrected chi connectivity index (χ4v) is 2.54. The van der Waals surface area contributed by atoms with Crippen LogP contribution in [0.1, 0.15) is 32.8 Å².